The van der Waals surface area contributed by atoms with Crippen molar-refractivity contribution in [1.29, 1.82) is 0 Å². The molecule has 0 bridgehead atoms. The molecule has 0 heterocycles. The van der Waals surface area contributed by atoms with E-state index in [0.717, 1.165) is 11.4 Å². The van der Waals surface area contributed by atoms with Crippen LogP contribution in [0.3, 0.4) is 0 Å². The van der Waals surface area contributed by atoms with Gasteiger partial charge in [-0.1, -0.05) is 41.4 Å². The summed E-state index contributed by atoms with van der Waals surface area (Å²) in [6.07, 6.45) is 0. The summed E-state index contributed by atoms with van der Waals surface area (Å²) in [7, 11) is 0. The molecular formula is C14H12Cl2N2O. The standard InChI is InChI=1S/C14H12Cl2N2O/c15-12-7-6-11(8-13(12)16)17-9-14(19)18-10-4-2-1-3-5-10/h1-8,17H,9H2,(H,18,19). The van der Waals surface area contributed by atoms with E-state index in [2.05, 4.69) is 10.6 Å². The molecule has 2 aromatic carbocycles. The molecule has 0 atom stereocenters. The number of para-hydroxylation sites is 1. The minimum Gasteiger partial charge on any atom is -0.376 e. The molecule has 0 saturated carbocycles. The van der Waals surface area contributed by atoms with Crippen LogP contribution in [0.25, 0.3) is 0 Å². The van der Waals surface area contributed by atoms with E-state index in [1.807, 2.05) is 30.3 Å². The molecule has 19 heavy (non-hydrogen) atoms. The predicted octanol–water partition coefficient (Wildman–Crippen LogP) is 4.04. The Morgan fingerprint density at radius 3 is 2.37 bits per heavy atom. The van der Waals surface area contributed by atoms with E-state index in [4.69, 9.17) is 23.2 Å². The molecule has 1 amide bonds. The van der Waals surface area contributed by atoms with Crippen LogP contribution in [0.4, 0.5) is 11.4 Å². The topological polar surface area (TPSA) is 41.1 Å². The van der Waals surface area contributed by atoms with Crippen molar-refractivity contribution in [2.45, 2.75) is 0 Å². The number of carbonyl (C=O) groups is 1. The molecule has 0 spiro atoms. The highest BCUT2D eigenvalue weighted by molar-refractivity contribution is 6.42. The second-order valence-electron chi connectivity index (χ2n) is 3.90. The van der Waals surface area contributed by atoms with Crippen LogP contribution in [0.1, 0.15) is 0 Å². The first-order valence-electron chi connectivity index (χ1n) is 5.69. The van der Waals surface area contributed by atoms with E-state index in [-0.39, 0.29) is 12.5 Å². The summed E-state index contributed by atoms with van der Waals surface area (Å²) < 4.78 is 0. The Labute approximate surface area is 121 Å². The van der Waals surface area contributed by atoms with E-state index in [9.17, 15) is 4.79 Å². The molecule has 0 aliphatic carbocycles. The Hall–Kier alpha value is -1.71. The average molecular weight is 295 g/mol. The van der Waals surface area contributed by atoms with Crippen molar-refractivity contribution in [2.75, 3.05) is 17.2 Å². The van der Waals surface area contributed by atoms with E-state index in [1.165, 1.54) is 0 Å². The second-order valence-corrected chi connectivity index (χ2v) is 4.71. The molecule has 0 aliphatic heterocycles. The summed E-state index contributed by atoms with van der Waals surface area (Å²) >= 11 is 11.7. The zero-order valence-electron chi connectivity index (χ0n) is 9.99. The third-order valence-corrected chi connectivity index (χ3v) is 3.17. The van der Waals surface area contributed by atoms with Gasteiger partial charge in [-0.2, -0.15) is 0 Å². The summed E-state index contributed by atoms with van der Waals surface area (Å²) in [5, 5.41) is 6.70. The quantitative estimate of drug-likeness (QED) is 0.893. The maximum atomic E-state index is 11.7. The van der Waals surface area contributed by atoms with Crippen molar-refractivity contribution in [1.82, 2.24) is 0 Å². The van der Waals surface area contributed by atoms with Crippen LogP contribution in [0.2, 0.25) is 10.0 Å². The van der Waals surface area contributed by atoms with Gasteiger partial charge >= 0.3 is 0 Å². The van der Waals surface area contributed by atoms with Gasteiger partial charge in [-0.25, -0.2) is 0 Å². The minimum absolute atomic E-state index is 0.128. The highest BCUT2D eigenvalue weighted by Crippen LogP contribution is 2.24. The lowest BCUT2D eigenvalue weighted by atomic mass is 10.3. The van der Waals surface area contributed by atoms with E-state index >= 15 is 0 Å². The molecule has 2 rings (SSSR count). The third kappa shape index (κ3) is 4.16. The molecule has 0 aromatic heterocycles. The van der Waals surface area contributed by atoms with Crippen molar-refractivity contribution < 1.29 is 4.79 Å². The smallest absolute Gasteiger partial charge is 0.243 e. The van der Waals surface area contributed by atoms with Gasteiger partial charge in [0.1, 0.15) is 0 Å². The average Bonchev–Trinajstić information content (AvgIpc) is 2.41. The highest BCUT2D eigenvalue weighted by atomic mass is 35.5. The zero-order valence-corrected chi connectivity index (χ0v) is 11.5. The van der Waals surface area contributed by atoms with Crippen molar-refractivity contribution in [2.24, 2.45) is 0 Å². The normalized spacial score (nSPS) is 10.0. The number of amides is 1. The van der Waals surface area contributed by atoms with Crippen molar-refractivity contribution in [3.05, 3.63) is 58.6 Å². The van der Waals surface area contributed by atoms with E-state index < -0.39 is 0 Å². The molecular weight excluding hydrogens is 283 g/mol. The summed E-state index contributed by atoms with van der Waals surface area (Å²) in [6, 6.07) is 14.4. The first-order valence-corrected chi connectivity index (χ1v) is 6.44. The lowest BCUT2D eigenvalue weighted by Crippen LogP contribution is -2.21. The largest absolute Gasteiger partial charge is 0.376 e. The Balaban J connectivity index is 1.88. The van der Waals surface area contributed by atoms with Gasteiger partial charge in [0.2, 0.25) is 5.91 Å². The lowest BCUT2D eigenvalue weighted by molar-refractivity contribution is -0.114. The SMILES string of the molecule is O=C(CNc1ccc(Cl)c(Cl)c1)Nc1ccccc1. The van der Waals surface area contributed by atoms with Gasteiger partial charge in [0.15, 0.2) is 0 Å². The lowest BCUT2D eigenvalue weighted by Gasteiger charge is -2.08. The fourth-order valence-corrected chi connectivity index (χ4v) is 1.81. The number of benzene rings is 2. The van der Waals surface area contributed by atoms with Crippen LogP contribution in [0.5, 0.6) is 0 Å². The minimum atomic E-state index is -0.128. The number of carbonyl (C=O) groups excluding carboxylic acids is 1. The van der Waals surface area contributed by atoms with Gasteiger partial charge in [-0.3, -0.25) is 4.79 Å². The molecule has 2 aromatic rings. The molecule has 0 aliphatic rings. The second kappa shape index (κ2) is 6.45. The van der Waals surface area contributed by atoms with Crippen LogP contribution in [0.15, 0.2) is 48.5 Å². The number of halogens is 2. The van der Waals surface area contributed by atoms with E-state index in [0.29, 0.717) is 10.0 Å². The zero-order chi connectivity index (χ0) is 13.7. The molecule has 0 saturated heterocycles. The summed E-state index contributed by atoms with van der Waals surface area (Å²) in [5.41, 5.74) is 1.51. The summed E-state index contributed by atoms with van der Waals surface area (Å²) in [5.74, 6) is -0.128. The van der Waals surface area contributed by atoms with Crippen LogP contribution in [0, 0.1) is 0 Å². The molecule has 0 radical (unpaired) electrons. The number of nitrogens with one attached hydrogen (secondary N) is 2. The van der Waals surface area contributed by atoms with Crippen molar-refractivity contribution in [3.8, 4) is 0 Å². The fourth-order valence-electron chi connectivity index (χ4n) is 1.52. The first-order chi connectivity index (χ1) is 9.15. The maximum absolute atomic E-state index is 11.7. The van der Waals surface area contributed by atoms with Gasteiger partial charge in [0, 0.05) is 11.4 Å². The Bertz CT molecular complexity index is 573. The number of anilines is 2. The monoisotopic (exact) mass is 294 g/mol. The molecule has 98 valence electrons. The Morgan fingerprint density at radius 1 is 0.947 bits per heavy atom. The van der Waals surface area contributed by atoms with E-state index in [1.54, 1.807) is 18.2 Å². The first kappa shape index (κ1) is 13.7. The molecule has 0 fully saturated rings. The summed E-state index contributed by atoms with van der Waals surface area (Å²) in [4.78, 5) is 11.7. The van der Waals surface area contributed by atoms with Crippen LogP contribution < -0.4 is 10.6 Å². The number of hydrogen-bond acceptors (Lipinski definition) is 2. The highest BCUT2D eigenvalue weighted by Gasteiger charge is 2.03. The Kier molecular flexibility index (Phi) is 4.66. The van der Waals surface area contributed by atoms with Crippen LogP contribution in [-0.2, 0) is 4.79 Å². The molecule has 3 nitrogen and oxygen atoms in total. The van der Waals surface area contributed by atoms with Gasteiger partial charge in [0.25, 0.3) is 0 Å². The van der Waals surface area contributed by atoms with Gasteiger partial charge in [-0.15, -0.1) is 0 Å². The molecule has 5 heteroatoms. The van der Waals surface area contributed by atoms with Crippen LogP contribution >= 0.6 is 23.2 Å². The number of hydrogen-bond donors (Lipinski definition) is 2. The summed E-state index contributed by atoms with van der Waals surface area (Å²) in [6.45, 7) is 0.160. The number of rotatable bonds is 4. The van der Waals surface area contributed by atoms with Crippen molar-refractivity contribution in [3.63, 3.8) is 0 Å². The Morgan fingerprint density at radius 2 is 1.68 bits per heavy atom. The van der Waals surface area contributed by atoms with Crippen LogP contribution in [-0.4, -0.2) is 12.5 Å². The van der Waals surface area contributed by atoms with Gasteiger partial charge < -0.3 is 10.6 Å². The molecule has 0 unspecified atom stereocenters. The van der Waals surface area contributed by atoms with Crippen molar-refractivity contribution >= 4 is 40.5 Å². The van der Waals surface area contributed by atoms with Gasteiger partial charge in [-0.05, 0) is 30.3 Å². The predicted molar refractivity (Wildman–Crippen MR) is 80.0 cm³/mol. The van der Waals surface area contributed by atoms with Gasteiger partial charge in [0.05, 0.1) is 16.6 Å². The maximum Gasteiger partial charge on any atom is 0.243 e. The third-order valence-electron chi connectivity index (χ3n) is 2.43. The fraction of sp³-hybridized carbons (Fsp3) is 0.0714. The molecule has 2 N–H and O–H groups in total.